The summed E-state index contributed by atoms with van der Waals surface area (Å²) in [6, 6.07) is 0.710. The second-order valence-electron chi connectivity index (χ2n) is 6.65. The Balaban J connectivity index is 1.88. The molecule has 2 rings (SSSR count). The second-order valence-corrected chi connectivity index (χ2v) is 6.65. The summed E-state index contributed by atoms with van der Waals surface area (Å²) in [5.41, 5.74) is 6.50. The van der Waals surface area contributed by atoms with Gasteiger partial charge < -0.3 is 15.4 Å². The van der Waals surface area contributed by atoms with Crippen LogP contribution in [0.25, 0.3) is 0 Å². The van der Waals surface area contributed by atoms with Crippen molar-refractivity contribution in [1.82, 2.24) is 4.90 Å². The molecule has 2 N–H and O–H groups in total. The average molecular weight is 254 g/mol. The summed E-state index contributed by atoms with van der Waals surface area (Å²) < 4.78 is 5.45. The third-order valence-electron chi connectivity index (χ3n) is 5.17. The minimum Gasteiger partial charge on any atom is -0.381 e. The number of ether oxygens (including phenoxy) is 1. The summed E-state index contributed by atoms with van der Waals surface area (Å²) in [4.78, 5) is 2.56. The van der Waals surface area contributed by atoms with Crippen LogP contribution in [0.2, 0.25) is 0 Å². The van der Waals surface area contributed by atoms with E-state index >= 15 is 0 Å². The van der Waals surface area contributed by atoms with E-state index < -0.39 is 0 Å². The molecule has 0 unspecified atom stereocenters. The first kappa shape index (κ1) is 14.3. The highest BCUT2D eigenvalue weighted by Gasteiger charge is 2.35. The molecule has 18 heavy (non-hydrogen) atoms. The van der Waals surface area contributed by atoms with Crippen molar-refractivity contribution in [2.45, 2.75) is 51.5 Å². The normalized spacial score (nSPS) is 35.0. The molecule has 2 fully saturated rings. The molecule has 2 aliphatic rings. The molecule has 0 spiro atoms. The first-order valence-electron chi connectivity index (χ1n) is 7.63. The van der Waals surface area contributed by atoms with Gasteiger partial charge in [-0.05, 0) is 50.6 Å². The summed E-state index contributed by atoms with van der Waals surface area (Å²) in [6.07, 6.45) is 7.73. The maximum Gasteiger partial charge on any atom is 0.0480 e. The van der Waals surface area contributed by atoms with Crippen molar-refractivity contribution in [3.05, 3.63) is 0 Å². The van der Waals surface area contributed by atoms with E-state index in [-0.39, 0.29) is 0 Å². The number of hydrogen-bond donors (Lipinski definition) is 1. The maximum absolute atomic E-state index is 6.11. The van der Waals surface area contributed by atoms with Crippen molar-refractivity contribution >= 4 is 0 Å². The highest BCUT2D eigenvalue weighted by molar-refractivity contribution is 4.89. The number of hydrogen-bond acceptors (Lipinski definition) is 3. The SMILES string of the molecule is CC1CCC(CN)(CN(C)C2CCOCC2)CC1. The lowest BCUT2D eigenvalue weighted by Gasteiger charge is -2.43. The first-order chi connectivity index (χ1) is 8.65. The summed E-state index contributed by atoms with van der Waals surface area (Å²) in [5.74, 6) is 0.901. The lowest BCUT2D eigenvalue weighted by Crippen LogP contribution is -2.47. The fourth-order valence-electron chi connectivity index (χ4n) is 3.59. The van der Waals surface area contributed by atoms with Crippen LogP contribution in [0.5, 0.6) is 0 Å². The van der Waals surface area contributed by atoms with Crippen molar-refractivity contribution in [1.29, 1.82) is 0 Å². The largest absolute Gasteiger partial charge is 0.381 e. The van der Waals surface area contributed by atoms with E-state index in [1.807, 2.05) is 0 Å². The highest BCUT2D eigenvalue weighted by atomic mass is 16.5. The molecule has 0 aromatic carbocycles. The van der Waals surface area contributed by atoms with Crippen molar-refractivity contribution < 1.29 is 4.74 Å². The lowest BCUT2D eigenvalue weighted by atomic mass is 9.70. The summed E-state index contributed by atoms with van der Waals surface area (Å²) in [6.45, 7) is 6.28. The van der Waals surface area contributed by atoms with Crippen molar-refractivity contribution in [2.24, 2.45) is 17.1 Å². The highest BCUT2D eigenvalue weighted by Crippen LogP contribution is 2.39. The third-order valence-corrected chi connectivity index (χ3v) is 5.17. The molecule has 1 saturated heterocycles. The number of nitrogens with zero attached hydrogens (tertiary/aromatic N) is 1. The zero-order valence-electron chi connectivity index (χ0n) is 12.2. The molecule has 0 radical (unpaired) electrons. The van der Waals surface area contributed by atoms with Gasteiger partial charge in [-0.3, -0.25) is 0 Å². The molecule has 106 valence electrons. The molecule has 1 saturated carbocycles. The Morgan fingerprint density at radius 3 is 2.33 bits per heavy atom. The Morgan fingerprint density at radius 1 is 1.17 bits per heavy atom. The minimum absolute atomic E-state index is 0.388. The van der Waals surface area contributed by atoms with Crippen LogP contribution < -0.4 is 5.73 Å². The van der Waals surface area contributed by atoms with Gasteiger partial charge in [-0.1, -0.05) is 19.8 Å². The lowest BCUT2D eigenvalue weighted by molar-refractivity contribution is 0.0185. The zero-order chi connectivity index (χ0) is 13.0. The van der Waals surface area contributed by atoms with Crippen LogP contribution >= 0.6 is 0 Å². The van der Waals surface area contributed by atoms with E-state index in [1.54, 1.807) is 0 Å². The van der Waals surface area contributed by atoms with Crippen LogP contribution in [0.3, 0.4) is 0 Å². The van der Waals surface area contributed by atoms with E-state index in [9.17, 15) is 0 Å². The van der Waals surface area contributed by atoms with Crippen LogP contribution in [-0.2, 0) is 4.74 Å². The zero-order valence-corrected chi connectivity index (χ0v) is 12.2. The van der Waals surface area contributed by atoms with Gasteiger partial charge in [-0.15, -0.1) is 0 Å². The van der Waals surface area contributed by atoms with Crippen LogP contribution in [0.15, 0.2) is 0 Å². The van der Waals surface area contributed by atoms with E-state index in [0.717, 1.165) is 25.7 Å². The summed E-state index contributed by atoms with van der Waals surface area (Å²) in [7, 11) is 2.28. The molecule has 1 heterocycles. The van der Waals surface area contributed by atoms with Crippen molar-refractivity contribution in [3.63, 3.8) is 0 Å². The Kier molecular flexibility index (Phi) is 5.05. The topological polar surface area (TPSA) is 38.5 Å². The van der Waals surface area contributed by atoms with Crippen molar-refractivity contribution in [2.75, 3.05) is 33.4 Å². The molecule has 1 aliphatic carbocycles. The molecular weight excluding hydrogens is 224 g/mol. The van der Waals surface area contributed by atoms with Crippen LogP contribution in [-0.4, -0.2) is 44.3 Å². The molecule has 3 heteroatoms. The Labute approximate surface area is 112 Å². The van der Waals surface area contributed by atoms with Crippen LogP contribution in [0, 0.1) is 11.3 Å². The fraction of sp³-hybridized carbons (Fsp3) is 1.00. The van der Waals surface area contributed by atoms with Gasteiger partial charge in [0.25, 0.3) is 0 Å². The molecule has 0 amide bonds. The van der Waals surface area contributed by atoms with Gasteiger partial charge in [0.2, 0.25) is 0 Å². The molecule has 3 nitrogen and oxygen atoms in total. The van der Waals surface area contributed by atoms with Gasteiger partial charge >= 0.3 is 0 Å². The Bertz CT molecular complexity index is 243. The van der Waals surface area contributed by atoms with Crippen LogP contribution in [0.1, 0.15) is 45.4 Å². The molecule has 0 aromatic heterocycles. The molecule has 0 aromatic rings. The first-order valence-corrected chi connectivity index (χ1v) is 7.63. The van der Waals surface area contributed by atoms with E-state index in [2.05, 4.69) is 18.9 Å². The maximum atomic E-state index is 6.11. The minimum atomic E-state index is 0.388. The summed E-state index contributed by atoms with van der Waals surface area (Å²) >= 11 is 0. The molecule has 1 aliphatic heterocycles. The smallest absolute Gasteiger partial charge is 0.0480 e. The fourth-order valence-corrected chi connectivity index (χ4v) is 3.59. The van der Waals surface area contributed by atoms with E-state index in [1.165, 1.54) is 45.1 Å². The predicted octanol–water partition coefficient (Wildman–Crippen LogP) is 2.25. The average Bonchev–Trinajstić information content (AvgIpc) is 2.43. The number of nitrogens with two attached hydrogens (primary N) is 1. The number of rotatable bonds is 4. The van der Waals surface area contributed by atoms with Gasteiger partial charge in [-0.25, -0.2) is 0 Å². The quantitative estimate of drug-likeness (QED) is 0.836. The molecule has 0 bridgehead atoms. The second kappa shape index (κ2) is 6.36. The Morgan fingerprint density at radius 2 is 1.78 bits per heavy atom. The van der Waals surface area contributed by atoms with E-state index in [0.29, 0.717) is 11.5 Å². The molecule has 0 atom stereocenters. The van der Waals surface area contributed by atoms with Gasteiger partial charge in [0.15, 0.2) is 0 Å². The van der Waals surface area contributed by atoms with Gasteiger partial charge in [0.1, 0.15) is 0 Å². The molecular formula is C15H30N2O. The predicted molar refractivity (Wildman–Crippen MR) is 75.6 cm³/mol. The Hall–Kier alpha value is -0.120. The monoisotopic (exact) mass is 254 g/mol. The summed E-state index contributed by atoms with van der Waals surface area (Å²) in [5, 5.41) is 0. The van der Waals surface area contributed by atoms with Gasteiger partial charge in [-0.2, -0.15) is 0 Å². The van der Waals surface area contributed by atoms with E-state index in [4.69, 9.17) is 10.5 Å². The standard InChI is InChI=1S/C15H30N2O/c1-13-3-7-15(11-16,8-4-13)12-17(2)14-5-9-18-10-6-14/h13-14H,3-12,16H2,1-2H3. The van der Waals surface area contributed by atoms with Gasteiger partial charge in [0, 0.05) is 25.8 Å². The van der Waals surface area contributed by atoms with Crippen molar-refractivity contribution in [3.8, 4) is 0 Å². The van der Waals surface area contributed by atoms with Crippen LogP contribution in [0.4, 0.5) is 0 Å². The third kappa shape index (κ3) is 3.46. The van der Waals surface area contributed by atoms with Gasteiger partial charge in [0.05, 0.1) is 0 Å².